The quantitative estimate of drug-likeness (QED) is 0.903. The highest BCUT2D eigenvalue weighted by molar-refractivity contribution is 5.92. The Labute approximate surface area is 124 Å². The average Bonchev–Trinajstić information content (AvgIpc) is 2.88. The summed E-state index contributed by atoms with van der Waals surface area (Å²) in [5.41, 5.74) is 0.257. The molecule has 21 heavy (non-hydrogen) atoms. The summed E-state index contributed by atoms with van der Waals surface area (Å²) < 4.78 is 5.66. The molecule has 0 radical (unpaired) electrons. The zero-order valence-corrected chi connectivity index (χ0v) is 12.4. The van der Waals surface area contributed by atoms with Crippen LogP contribution in [0.15, 0.2) is 23.0 Å². The lowest BCUT2D eigenvalue weighted by molar-refractivity contribution is -0.0296. The van der Waals surface area contributed by atoms with Gasteiger partial charge in [0.05, 0.1) is 6.10 Å². The van der Waals surface area contributed by atoms with Gasteiger partial charge in [0.2, 0.25) is 5.56 Å². The molecule has 5 heteroatoms. The Bertz CT molecular complexity index is 583. The molecule has 2 fully saturated rings. The summed E-state index contributed by atoms with van der Waals surface area (Å²) in [7, 11) is 1.77. The molecule has 3 rings (SSSR count). The summed E-state index contributed by atoms with van der Waals surface area (Å²) in [5.74, 6) is -0.0754. The fraction of sp³-hybridized carbons (Fsp3) is 0.625. The first-order valence-electron chi connectivity index (χ1n) is 7.66. The molecule has 0 unspecified atom stereocenters. The molecule has 1 saturated heterocycles. The van der Waals surface area contributed by atoms with Gasteiger partial charge in [-0.1, -0.05) is 12.5 Å². The molecule has 1 aromatic heterocycles. The van der Waals surface area contributed by atoms with Crippen molar-refractivity contribution in [1.82, 2.24) is 9.88 Å². The number of aromatic nitrogens is 1. The van der Waals surface area contributed by atoms with E-state index in [1.807, 2.05) is 4.90 Å². The SMILES string of the molecule is CO[C@@H]1CCC[C@]12CCCN(C(=O)c1cccc(=O)[nH]1)C2. The van der Waals surface area contributed by atoms with Gasteiger partial charge in [-0.05, 0) is 31.7 Å². The third kappa shape index (κ3) is 2.62. The van der Waals surface area contributed by atoms with Gasteiger partial charge in [-0.15, -0.1) is 0 Å². The number of carbonyl (C=O) groups is 1. The van der Waals surface area contributed by atoms with Crippen LogP contribution in [-0.4, -0.2) is 42.1 Å². The molecule has 0 bridgehead atoms. The van der Waals surface area contributed by atoms with Crippen molar-refractivity contribution in [2.24, 2.45) is 5.41 Å². The summed E-state index contributed by atoms with van der Waals surface area (Å²) in [6.45, 7) is 1.50. The van der Waals surface area contributed by atoms with Crippen molar-refractivity contribution < 1.29 is 9.53 Å². The maximum Gasteiger partial charge on any atom is 0.270 e. The van der Waals surface area contributed by atoms with E-state index in [9.17, 15) is 9.59 Å². The molecular weight excluding hydrogens is 268 g/mol. The predicted molar refractivity (Wildman–Crippen MR) is 79.3 cm³/mol. The van der Waals surface area contributed by atoms with Crippen LogP contribution in [0.25, 0.3) is 0 Å². The molecule has 1 spiro atoms. The molecule has 0 aromatic carbocycles. The largest absolute Gasteiger partial charge is 0.381 e. The van der Waals surface area contributed by atoms with Crippen LogP contribution in [-0.2, 0) is 4.74 Å². The Morgan fingerprint density at radius 2 is 2.19 bits per heavy atom. The van der Waals surface area contributed by atoms with E-state index in [-0.39, 0.29) is 23.0 Å². The van der Waals surface area contributed by atoms with Gasteiger partial charge >= 0.3 is 0 Å². The maximum absolute atomic E-state index is 12.6. The fourth-order valence-electron chi connectivity index (χ4n) is 4.02. The van der Waals surface area contributed by atoms with Gasteiger partial charge < -0.3 is 14.6 Å². The third-order valence-corrected chi connectivity index (χ3v) is 5.00. The molecule has 5 nitrogen and oxygen atoms in total. The van der Waals surface area contributed by atoms with Crippen molar-refractivity contribution in [1.29, 1.82) is 0 Å². The van der Waals surface area contributed by atoms with Gasteiger partial charge in [-0.2, -0.15) is 0 Å². The number of piperidine rings is 1. The standard InChI is InChI=1S/C16H22N2O3/c1-21-13-6-3-8-16(13)9-4-10-18(11-16)15(20)12-5-2-7-14(19)17-12/h2,5,7,13H,3-4,6,8-11H2,1H3,(H,17,19)/t13-,16-/m1/s1. The van der Waals surface area contributed by atoms with Crippen molar-refractivity contribution in [3.8, 4) is 0 Å². The second-order valence-electron chi connectivity index (χ2n) is 6.24. The van der Waals surface area contributed by atoms with Gasteiger partial charge in [-0.25, -0.2) is 0 Å². The van der Waals surface area contributed by atoms with E-state index >= 15 is 0 Å². The number of likely N-dealkylation sites (tertiary alicyclic amines) is 1. The number of aromatic amines is 1. The highest BCUT2D eigenvalue weighted by atomic mass is 16.5. The number of nitrogens with zero attached hydrogens (tertiary/aromatic N) is 1. The Hall–Kier alpha value is -1.62. The third-order valence-electron chi connectivity index (χ3n) is 5.00. The lowest BCUT2D eigenvalue weighted by Gasteiger charge is -2.43. The van der Waals surface area contributed by atoms with Crippen molar-refractivity contribution in [3.05, 3.63) is 34.2 Å². The molecule has 2 atom stereocenters. The lowest BCUT2D eigenvalue weighted by Crippen LogP contribution is -2.50. The van der Waals surface area contributed by atoms with Crippen LogP contribution < -0.4 is 5.56 Å². The van der Waals surface area contributed by atoms with Gasteiger partial charge in [0.25, 0.3) is 5.91 Å². The van der Waals surface area contributed by atoms with Gasteiger partial charge in [0, 0.05) is 31.7 Å². The van der Waals surface area contributed by atoms with Gasteiger partial charge in [-0.3, -0.25) is 9.59 Å². The van der Waals surface area contributed by atoms with E-state index in [0.29, 0.717) is 5.69 Å². The van der Waals surface area contributed by atoms with E-state index in [1.54, 1.807) is 19.2 Å². The molecule has 1 aromatic rings. The number of methoxy groups -OCH3 is 1. The minimum Gasteiger partial charge on any atom is -0.381 e. The first kappa shape index (κ1) is 14.3. The minimum atomic E-state index is -0.233. The number of hydrogen-bond donors (Lipinski definition) is 1. The topological polar surface area (TPSA) is 62.4 Å². The molecule has 2 aliphatic rings. The van der Waals surface area contributed by atoms with Crippen molar-refractivity contribution in [3.63, 3.8) is 0 Å². The number of amides is 1. The normalized spacial score (nSPS) is 29.0. The average molecular weight is 290 g/mol. The number of carbonyl (C=O) groups excluding carboxylic acids is 1. The molecule has 1 amide bonds. The number of hydrogen-bond acceptors (Lipinski definition) is 3. The summed E-state index contributed by atoms with van der Waals surface area (Å²) in [5, 5.41) is 0. The molecule has 2 heterocycles. The molecule has 1 aliphatic carbocycles. The summed E-state index contributed by atoms with van der Waals surface area (Å²) in [4.78, 5) is 28.5. The molecule has 1 N–H and O–H groups in total. The van der Waals surface area contributed by atoms with Crippen molar-refractivity contribution >= 4 is 5.91 Å². The molecule has 114 valence electrons. The molecular formula is C16H22N2O3. The van der Waals surface area contributed by atoms with Crippen LogP contribution in [0.4, 0.5) is 0 Å². The number of H-pyrrole nitrogens is 1. The van der Waals surface area contributed by atoms with E-state index < -0.39 is 0 Å². The summed E-state index contributed by atoms with van der Waals surface area (Å²) >= 11 is 0. The van der Waals surface area contributed by atoms with E-state index in [1.165, 1.54) is 12.5 Å². The highest BCUT2D eigenvalue weighted by Gasteiger charge is 2.46. The number of ether oxygens (including phenoxy) is 1. The van der Waals surface area contributed by atoms with Gasteiger partial charge in [0.15, 0.2) is 0 Å². The zero-order valence-electron chi connectivity index (χ0n) is 12.4. The molecule has 1 aliphatic heterocycles. The first-order valence-corrected chi connectivity index (χ1v) is 7.66. The Morgan fingerprint density at radius 1 is 1.38 bits per heavy atom. The Kier molecular flexibility index (Phi) is 3.85. The fourth-order valence-corrected chi connectivity index (χ4v) is 4.02. The van der Waals surface area contributed by atoms with Crippen LogP contribution in [0, 0.1) is 5.41 Å². The highest BCUT2D eigenvalue weighted by Crippen LogP contribution is 2.46. The number of rotatable bonds is 2. The van der Waals surface area contributed by atoms with Gasteiger partial charge in [0.1, 0.15) is 5.69 Å². The second-order valence-corrected chi connectivity index (χ2v) is 6.24. The Balaban J connectivity index is 1.80. The van der Waals surface area contributed by atoms with E-state index in [0.717, 1.165) is 38.8 Å². The summed E-state index contributed by atoms with van der Waals surface area (Å²) in [6, 6.07) is 4.72. The van der Waals surface area contributed by atoms with Crippen LogP contribution in [0.1, 0.15) is 42.6 Å². The van der Waals surface area contributed by atoms with Crippen LogP contribution in [0.5, 0.6) is 0 Å². The van der Waals surface area contributed by atoms with Crippen molar-refractivity contribution in [2.75, 3.05) is 20.2 Å². The monoisotopic (exact) mass is 290 g/mol. The van der Waals surface area contributed by atoms with Crippen LogP contribution in [0.3, 0.4) is 0 Å². The van der Waals surface area contributed by atoms with E-state index in [4.69, 9.17) is 4.74 Å². The second kappa shape index (κ2) is 5.64. The molecule has 1 saturated carbocycles. The minimum absolute atomic E-state index is 0.0754. The Morgan fingerprint density at radius 3 is 2.95 bits per heavy atom. The predicted octanol–water partition coefficient (Wildman–Crippen LogP) is 1.80. The maximum atomic E-state index is 12.6. The first-order chi connectivity index (χ1) is 10.1. The lowest BCUT2D eigenvalue weighted by atomic mass is 9.76. The van der Waals surface area contributed by atoms with Crippen LogP contribution >= 0.6 is 0 Å². The summed E-state index contributed by atoms with van der Waals surface area (Å²) in [6.07, 6.45) is 5.76. The van der Waals surface area contributed by atoms with E-state index in [2.05, 4.69) is 4.98 Å². The smallest absolute Gasteiger partial charge is 0.270 e. The number of nitrogens with one attached hydrogen (secondary N) is 1. The van der Waals surface area contributed by atoms with Crippen LogP contribution in [0.2, 0.25) is 0 Å². The number of pyridine rings is 1. The zero-order chi connectivity index (χ0) is 14.9. The van der Waals surface area contributed by atoms with Crippen molar-refractivity contribution in [2.45, 2.75) is 38.2 Å².